The Balaban J connectivity index is 2.24. The molecule has 1 aliphatic rings. The summed E-state index contributed by atoms with van der Waals surface area (Å²) in [5.41, 5.74) is 0. The summed E-state index contributed by atoms with van der Waals surface area (Å²) < 4.78 is 0. The first-order valence-electron chi connectivity index (χ1n) is 3.44. The molecule has 1 fully saturated rings. The van der Waals surface area contributed by atoms with Gasteiger partial charge in [-0.3, -0.25) is 0 Å². The average molecular weight is 124 g/mol. The summed E-state index contributed by atoms with van der Waals surface area (Å²) in [7, 11) is 0. The normalized spacial score (nSPS) is 34.2. The van der Waals surface area contributed by atoms with Crippen LogP contribution < -0.4 is 0 Å². The summed E-state index contributed by atoms with van der Waals surface area (Å²) >= 11 is 0. The van der Waals surface area contributed by atoms with Gasteiger partial charge in [0, 0.05) is 6.42 Å². The lowest BCUT2D eigenvalue weighted by Crippen LogP contribution is -1.99. The van der Waals surface area contributed by atoms with Crippen LogP contribution in [0.25, 0.3) is 0 Å². The molecule has 0 aromatic heterocycles. The van der Waals surface area contributed by atoms with Crippen LogP contribution in [0, 0.1) is 18.3 Å². The molecule has 1 saturated carbocycles. The molecule has 1 rings (SSSR count). The van der Waals surface area contributed by atoms with E-state index in [2.05, 4.69) is 5.92 Å². The highest BCUT2D eigenvalue weighted by Crippen LogP contribution is 2.27. The molecule has 0 amide bonds. The Bertz CT molecular complexity index is 123. The van der Waals surface area contributed by atoms with Gasteiger partial charge in [0.25, 0.3) is 0 Å². The van der Waals surface area contributed by atoms with Crippen LogP contribution in [0.15, 0.2) is 0 Å². The molecule has 1 N–H and O–H groups in total. The third-order valence-corrected chi connectivity index (χ3v) is 1.92. The van der Waals surface area contributed by atoms with Gasteiger partial charge in [-0.05, 0) is 25.2 Å². The highest BCUT2D eigenvalue weighted by molar-refractivity contribution is 4.89. The quantitative estimate of drug-likeness (QED) is 0.520. The van der Waals surface area contributed by atoms with E-state index >= 15 is 0 Å². The summed E-state index contributed by atoms with van der Waals surface area (Å²) in [6.45, 7) is 0. The number of rotatable bonds is 1. The van der Waals surface area contributed by atoms with Gasteiger partial charge < -0.3 is 5.11 Å². The van der Waals surface area contributed by atoms with Crippen molar-refractivity contribution in [3.05, 3.63) is 0 Å². The SMILES string of the molecule is C#CCC1CCC(O)C1. The van der Waals surface area contributed by atoms with Gasteiger partial charge in [0.15, 0.2) is 0 Å². The first-order valence-corrected chi connectivity index (χ1v) is 3.44. The van der Waals surface area contributed by atoms with E-state index in [-0.39, 0.29) is 6.10 Å². The van der Waals surface area contributed by atoms with Crippen molar-refractivity contribution in [1.29, 1.82) is 0 Å². The minimum atomic E-state index is -0.0663. The van der Waals surface area contributed by atoms with Crippen LogP contribution in [0.5, 0.6) is 0 Å². The molecule has 0 saturated heterocycles. The van der Waals surface area contributed by atoms with E-state index in [0.29, 0.717) is 5.92 Å². The Morgan fingerprint density at radius 2 is 2.33 bits per heavy atom. The van der Waals surface area contributed by atoms with Crippen LogP contribution in [0.1, 0.15) is 25.7 Å². The molecule has 50 valence electrons. The van der Waals surface area contributed by atoms with Crippen molar-refractivity contribution >= 4 is 0 Å². The van der Waals surface area contributed by atoms with Gasteiger partial charge in [-0.2, -0.15) is 0 Å². The number of hydrogen-bond donors (Lipinski definition) is 1. The Morgan fingerprint density at radius 1 is 1.56 bits per heavy atom. The van der Waals surface area contributed by atoms with Crippen molar-refractivity contribution in [3.63, 3.8) is 0 Å². The highest BCUT2D eigenvalue weighted by Gasteiger charge is 2.21. The van der Waals surface area contributed by atoms with E-state index in [1.54, 1.807) is 0 Å². The second-order valence-corrected chi connectivity index (χ2v) is 2.74. The molecule has 0 aromatic rings. The second kappa shape index (κ2) is 2.89. The van der Waals surface area contributed by atoms with Crippen LogP contribution in [-0.4, -0.2) is 11.2 Å². The Kier molecular flexibility index (Phi) is 2.13. The maximum Gasteiger partial charge on any atom is 0.0543 e. The van der Waals surface area contributed by atoms with Gasteiger partial charge in [0.1, 0.15) is 0 Å². The third kappa shape index (κ3) is 1.73. The van der Waals surface area contributed by atoms with Crippen molar-refractivity contribution < 1.29 is 5.11 Å². The lowest BCUT2D eigenvalue weighted by Gasteiger charge is -2.01. The van der Waals surface area contributed by atoms with Crippen molar-refractivity contribution in [1.82, 2.24) is 0 Å². The Morgan fingerprint density at radius 3 is 2.78 bits per heavy atom. The topological polar surface area (TPSA) is 20.2 Å². The largest absolute Gasteiger partial charge is 0.393 e. The van der Waals surface area contributed by atoms with Crippen LogP contribution >= 0.6 is 0 Å². The molecule has 0 bridgehead atoms. The lowest BCUT2D eigenvalue weighted by molar-refractivity contribution is 0.178. The van der Waals surface area contributed by atoms with E-state index in [4.69, 9.17) is 11.5 Å². The van der Waals surface area contributed by atoms with Crippen LogP contribution in [0.2, 0.25) is 0 Å². The summed E-state index contributed by atoms with van der Waals surface area (Å²) in [5, 5.41) is 9.06. The standard InChI is InChI=1S/C8H12O/c1-2-3-7-4-5-8(9)6-7/h1,7-9H,3-6H2. The third-order valence-electron chi connectivity index (χ3n) is 1.92. The van der Waals surface area contributed by atoms with Gasteiger partial charge in [0.2, 0.25) is 0 Å². The van der Waals surface area contributed by atoms with Gasteiger partial charge >= 0.3 is 0 Å². The molecule has 1 heteroatoms. The summed E-state index contributed by atoms with van der Waals surface area (Å²) in [5.74, 6) is 3.22. The van der Waals surface area contributed by atoms with E-state index in [0.717, 1.165) is 25.7 Å². The van der Waals surface area contributed by atoms with Gasteiger partial charge in [-0.25, -0.2) is 0 Å². The van der Waals surface area contributed by atoms with Crippen LogP contribution in [0.4, 0.5) is 0 Å². The molecule has 0 radical (unpaired) electrons. The summed E-state index contributed by atoms with van der Waals surface area (Å²) in [6, 6.07) is 0. The van der Waals surface area contributed by atoms with Crippen molar-refractivity contribution in [3.8, 4) is 12.3 Å². The van der Waals surface area contributed by atoms with E-state index in [1.807, 2.05) is 0 Å². The summed E-state index contributed by atoms with van der Waals surface area (Å²) in [6.07, 6.45) is 8.89. The molecule has 0 spiro atoms. The van der Waals surface area contributed by atoms with E-state index in [9.17, 15) is 0 Å². The maximum atomic E-state index is 9.06. The lowest BCUT2D eigenvalue weighted by atomic mass is 10.1. The molecular formula is C8H12O. The summed E-state index contributed by atoms with van der Waals surface area (Å²) in [4.78, 5) is 0. The molecule has 1 nitrogen and oxygen atoms in total. The second-order valence-electron chi connectivity index (χ2n) is 2.74. The molecule has 0 aliphatic heterocycles. The minimum Gasteiger partial charge on any atom is -0.393 e. The molecule has 2 atom stereocenters. The van der Waals surface area contributed by atoms with Gasteiger partial charge in [-0.15, -0.1) is 12.3 Å². The zero-order chi connectivity index (χ0) is 6.69. The molecule has 0 heterocycles. The van der Waals surface area contributed by atoms with Crippen molar-refractivity contribution in [2.45, 2.75) is 31.8 Å². The molecule has 9 heavy (non-hydrogen) atoms. The predicted molar refractivity (Wildman–Crippen MR) is 36.8 cm³/mol. The number of aliphatic hydroxyl groups excluding tert-OH is 1. The molecule has 1 aliphatic carbocycles. The van der Waals surface area contributed by atoms with Crippen molar-refractivity contribution in [2.24, 2.45) is 5.92 Å². The smallest absolute Gasteiger partial charge is 0.0543 e. The van der Waals surface area contributed by atoms with Crippen LogP contribution in [0.3, 0.4) is 0 Å². The predicted octanol–water partition coefficient (Wildman–Crippen LogP) is 1.17. The Hall–Kier alpha value is -0.480. The van der Waals surface area contributed by atoms with E-state index < -0.39 is 0 Å². The highest BCUT2D eigenvalue weighted by atomic mass is 16.3. The monoisotopic (exact) mass is 124 g/mol. The first-order chi connectivity index (χ1) is 4.33. The minimum absolute atomic E-state index is 0.0663. The molecular weight excluding hydrogens is 112 g/mol. The molecule has 2 unspecified atom stereocenters. The van der Waals surface area contributed by atoms with Crippen LogP contribution in [-0.2, 0) is 0 Å². The average Bonchev–Trinajstić information content (AvgIpc) is 2.17. The van der Waals surface area contributed by atoms with Crippen molar-refractivity contribution in [2.75, 3.05) is 0 Å². The fourth-order valence-corrected chi connectivity index (χ4v) is 1.40. The number of aliphatic hydroxyl groups is 1. The fraction of sp³-hybridized carbons (Fsp3) is 0.750. The maximum absolute atomic E-state index is 9.06. The van der Waals surface area contributed by atoms with E-state index in [1.165, 1.54) is 0 Å². The fourth-order valence-electron chi connectivity index (χ4n) is 1.40. The first kappa shape index (κ1) is 6.64. The zero-order valence-electron chi connectivity index (χ0n) is 5.51. The number of hydrogen-bond acceptors (Lipinski definition) is 1. The number of terminal acetylenes is 1. The molecule has 0 aromatic carbocycles. The zero-order valence-corrected chi connectivity index (χ0v) is 5.51. The van der Waals surface area contributed by atoms with Gasteiger partial charge in [-0.1, -0.05) is 0 Å². The Labute approximate surface area is 56.1 Å². The van der Waals surface area contributed by atoms with Gasteiger partial charge in [0.05, 0.1) is 6.10 Å².